The summed E-state index contributed by atoms with van der Waals surface area (Å²) in [6, 6.07) is 5.00. The van der Waals surface area contributed by atoms with Gasteiger partial charge in [0, 0.05) is 16.4 Å². The topological polar surface area (TPSA) is 38.3 Å². The van der Waals surface area contributed by atoms with Crippen molar-refractivity contribution < 1.29 is 9.53 Å². The number of hydrogen-bond acceptors (Lipinski definition) is 2. The molecule has 3 nitrogen and oxygen atoms in total. The van der Waals surface area contributed by atoms with Gasteiger partial charge in [-0.2, -0.15) is 0 Å². The molecular weight excluding hydrogens is 318 g/mol. The van der Waals surface area contributed by atoms with Crippen molar-refractivity contribution in [2.24, 2.45) is 0 Å². The number of methoxy groups -OCH3 is 1. The van der Waals surface area contributed by atoms with E-state index in [9.17, 15) is 4.79 Å². The smallest absolute Gasteiger partial charge is 0.255 e. The maximum atomic E-state index is 12.0. The summed E-state index contributed by atoms with van der Waals surface area (Å²) in [5.74, 6) is 0.368. The molecule has 18 heavy (non-hydrogen) atoms. The van der Waals surface area contributed by atoms with Gasteiger partial charge in [0.2, 0.25) is 0 Å². The Balaban J connectivity index is 2.63. The van der Waals surface area contributed by atoms with Crippen LogP contribution in [0, 0.1) is 0 Å². The molecule has 0 spiro atoms. The highest BCUT2D eigenvalue weighted by Crippen LogP contribution is 2.22. The van der Waals surface area contributed by atoms with E-state index in [1.807, 2.05) is 0 Å². The Morgan fingerprint density at radius 3 is 2.89 bits per heavy atom. The van der Waals surface area contributed by atoms with E-state index < -0.39 is 0 Å². The predicted octanol–water partition coefficient (Wildman–Crippen LogP) is 3.64. The number of benzene rings is 1. The molecule has 0 radical (unpaired) electrons. The van der Waals surface area contributed by atoms with Crippen LogP contribution in [0.4, 0.5) is 0 Å². The molecule has 1 aromatic rings. The second kappa shape index (κ2) is 7.64. The molecule has 0 heterocycles. The molecule has 0 aliphatic carbocycles. The van der Waals surface area contributed by atoms with Crippen LogP contribution in [0.2, 0.25) is 5.02 Å². The summed E-state index contributed by atoms with van der Waals surface area (Å²) >= 11 is 9.41. The number of carbonyl (C=O) groups excluding carboxylic acids is 1. The molecule has 0 aromatic heterocycles. The molecule has 0 fully saturated rings. The zero-order valence-corrected chi connectivity index (χ0v) is 12.8. The largest absolute Gasteiger partial charge is 0.496 e. The quantitative estimate of drug-likeness (QED) is 0.807. The number of hydrogen-bond donors (Lipinski definition) is 1. The summed E-state index contributed by atoms with van der Waals surface area (Å²) < 4.78 is 5.14. The van der Waals surface area contributed by atoms with Gasteiger partial charge in [-0.3, -0.25) is 4.79 Å². The number of amides is 1. The van der Waals surface area contributed by atoms with E-state index in [2.05, 4.69) is 28.2 Å². The van der Waals surface area contributed by atoms with Crippen LogP contribution in [0.1, 0.15) is 30.1 Å². The lowest BCUT2D eigenvalue weighted by Gasteiger charge is -2.11. The lowest BCUT2D eigenvalue weighted by molar-refractivity contribution is 0.0950. The molecule has 0 aliphatic heterocycles. The minimum Gasteiger partial charge on any atom is -0.496 e. The lowest BCUT2D eigenvalue weighted by atomic mass is 10.2. The molecule has 0 bridgehead atoms. The Morgan fingerprint density at radius 1 is 1.56 bits per heavy atom. The van der Waals surface area contributed by atoms with Gasteiger partial charge in [-0.25, -0.2) is 0 Å². The second-order valence-electron chi connectivity index (χ2n) is 3.89. The third kappa shape index (κ3) is 4.50. The van der Waals surface area contributed by atoms with Gasteiger partial charge in [0.05, 0.1) is 12.7 Å². The SMILES string of the molecule is CCC(Br)CCNC(=O)c1cc(Cl)ccc1OC. The molecule has 1 N–H and O–H groups in total. The molecule has 0 saturated carbocycles. The molecule has 0 saturated heterocycles. The number of nitrogens with one attached hydrogen (secondary N) is 1. The van der Waals surface area contributed by atoms with E-state index in [0.717, 1.165) is 12.8 Å². The van der Waals surface area contributed by atoms with Crippen molar-refractivity contribution >= 4 is 33.4 Å². The fraction of sp³-hybridized carbons (Fsp3) is 0.462. The van der Waals surface area contributed by atoms with Gasteiger partial charge in [0.15, 0.2) is 0 Å². The monoisotopic (exact) mass is 333 g/mol. The maximum absolute atomic E-state index is 12.0. The van der Waals surface area contributed by atoms with Crippen molar-refractivity contribution in [2.75, 3.05) is 13.7 Å². The van der Waals surface area contributed by atoms with E-state index in [4.69, 9.17) is 16.3 Å². The number of rotatable bonds is 6. The summed E-state index contributed by atoms with van der Waals surface area (Å²) in [5, 5.41) is 3.38. The minimum absolute atomic E-state index is 0.162. The zero-order chi connectivity index (χ0) is 13.5. The molecule has 1 rings (SSSR count). The van der Waals surface area contributed by atoms with Gasteiger partial charge in [-0.15, -0.1) is 0 Å². The minimum atomic E-state index is -0.162. The number of ether oxygens (including phenoxy) is 1. The van der Waals surface area contributed by atoms with Crippen molar-refractivity contribution in [2.45, 2.75) is 24.6 Å². The Morgan fingerprint density at radius 2 is 2.28 bits per heavy atom. The van der Waals surface area contributed by atoms with Crippen molar-refractivity contribution in [3.8, 4) is 5.75 Å². The van der Waals surface area contributed by atoms with Gasteiger partial charge in [-0.1, -0.05) is 34.5 Å². The Labute approximate surface area is 121 Å². The first kappa shape index (κ1) is 15.3. The highest BCUT2D eigenvalue weighted by Gasteiger charge is 2.12. The average Bonchev–Trinajstić information content (AvgIpc) is 2.38. The van der Waals surface area contributed by atoms with Gasteiger partial charge in [0.25, 0.3) is 5.91 Å². The highest BCUT2D eigenvalue weighted by molar-refractivity contribution is 9.09. The molecular formula is C13H17BrClNO2. The summed E-state index contributed by atoms with van der Waals surface area (Å²) in [5.41, 5.74) is 0.465. The zero-order valence-electron chi connectivity index (χ0n) is 10.5. The van der Waals surface area contributed by atoms with Crippen molar-refractivity contribution in [1.82, 2.24) is 5.32 Å². The second-order valence-corrected chi connectivity index (χ2v) is 5.63. The fourth-order valence-electron chi connectivity index (χ4n) is 1.50. The van der Waals surface area contributed by atoms with Gasteiger partial charge >= 0.3 is 0 Å². The Bertz CT molecular complexity index is 412. The van der Waals surface area contributed by atoms with Crippen LogP contribution < -0.4 is 10.1 Å². The molecule has 1 unspecified atom stereocenters. The first-order valence-electron chi connectivity index (χ1n) is 5.84. The highest BCUT2D eigenvalue weighted by atomic mass is 79.9. The normalized spacial score (nSPS) is 12.0. The molecule has 100 valence electrons. The molecule has 1 amide bonds. The van der Waals surface area contributed by atoms with E-state index in [-0.39, 0.29) is 5.91 Å². The molecule has 1 atom stereocenters. The average molecular weight is 335 g/mol. The molecule has 0 aliphatic rings. The van der Waals surface area contributed by atoms with Crippen molar-refractivity contribution in [1.29, 1.82) is 0 Å². The van der Waals surface area contributed by atoms with Gasteiger partial charge in [0.1, 0.15) is 5.75 Å². The summed E-state index contributed by atoms with van der Waals surface area (Å²) in [6.45, 7) is 2.72. The first-order chi connectivity index (χ1) is 8.58. The van der Waals surface area contributed by atoms with Crippen LogP contribution in [0.15, 0.2) is 18.2 Å². The van der Waals surface area contributed by atoms with E-state index in [1.165, 1.54) is 7.11 Å². The summed E-state index contributed by atoms with van der Waals surface area (Å²) in [4.78, 5) is 12.4. The first-order valence-corrected chi connectivity index (χ1v) is 7.13. The summed E-state index contributed by atoms with van der Waals surface area (Å²) in [6.07, 6.45) is 1.93. The molecule has 1 aromatic carbocycles. The van der Waals surface area contributed by atoms with Gasteiger partial charge < -0.3 is 10.1 Å². The van der Waals surface area contributed by atoms with Crippen molar-refractivity contribution in [3.63, 3.8) is 0 Å². The van der Waals surface area contributed by atoms with E-state index in [1.54, 1.807) is 18.2 Å². The summed E-state index contributed by atoms with van der Waals surface area (Å²) in [7, 11) is 1.53. The van der Waals surface area contributed by atoms with Crippen LogP contribution in [-0.4, -0.2) is 24.4 Å². The predicted molar refractivity (Wildman–Crippen MR) is 78.0 cm³/mol. The van der Waals surface area contributed by atoms with Crippen LogP contribution in [0.3, 0.4) is 0 Å². The van der Waals surface area contributed by atoms with E-state index in [0.29, 0.717) is 27.7 Å². The Kier molecular flexibility index (Phi) is 6.50. The number of carbonyl (C=O) groups is 1. The number of halogens is 2. The van der Waals surface area contributed by atoms with E-state index >= 15 is 0 Å². The van der Waals surface area contributed by atoms with Crippen LogP contribution in [-0.2, 0) is 0 Å². The Hall–Kier alpha value is -0.740. The van der Waals surface area contributed by atoms with Crippen LogP contribution >= 0.6 is 27.5 Å². The van der Waals surface area contributed by atoms with Crippen molar-refractivity contribution in [3.05, 3.63) is 28.8 Å². The molecule has 5 heteroatoms. The van der Waals surface area contributed by atoms with Crippen LogP contribution in [0.5, 0.6) is 5.75 Å². The third-order valence-electron chi connectivity index (χ3n) is 2.59. The van der Waals surface area contributed by atoms with Gasteiger partial charge in [-0.05, 0) is 31.0 Å². The standard InChI is InChI=1S/C13H17BrClNO2/c1-3-9(14)6-7-16-13(17)11-8-10(15)4-5-12(11)18-2/h4-5,8-9H,3,6-7H2,1-2H3,(H,16,17). The third-order valence-corrected chi connectivity index (χ3v) is 3.93. The maximum Gasteiger partial charge on any atom is 0.255 e. The number of alkyl halides is 1. The fourth-order valence-corrected chi connectivity index (χ4v) is 1.90. The lowest BCUT2D eigenvalue weighted by Crippen LogP contribution is -2.26. The van der Waals surface area contributed by atoms with Crippen LogP contribution in [0.25, 0.3) is 0 Å².